The molecule has 0 bridgehead atoms. The quantitative estimate of drug-likeness (QED) is 0.0767. The minimum absolute atomic E-state index is 0.00606. The van der Waals surface area contributed by atoms with E-state index in [1.54, 1.807) is 0 Å². The van der Waals surface area contributed by atoms with E-state index in [0.717, 1.165) is 30.5 Å². The molecule has 44 heavy (non-hydrogen) atoms. The van der Waals surface area contributed by atoms with E-state index < -0.39 is 59.8 Å². The van der Waals surface area contributed by atoms with Crippen molar-refractivity contribution in [2.75, 3.05) is 13.2 Å². The normalized spacial score (nSPS) is 13.8. The molecular formula is C31H28F4N6O3. The van der Waals surface area contributed by atoms with Crippen LogP contribution in [0.1, 0.15) is 39.0 Å². The smallest absolute Gasteiger partial charge is 0.255 e. The van der Waals surface area contributed by atoms with E-state index in [1.807, 2.05) is 0 Å². The van der Waals surface area contributed by atoms with Crippen molar-refractivity contribution in [2.24, 2.45) is 10.8 Å². The summed E-state index contributed by atoms with van der Waals surface area (Å²) >= 11 is 0. The number of phenolic OH excluding ortho intramolecular Hbond substituents is 1. The highest BCUT2D eigenvalue weighted by Crippen LogP contribution is 2.46. The number of nitrogens with zero attached hydrogens (tertiary/aromatic N) is 4. The van der Waals surface area contributed by atoms with Crippen molar-refractivity contribution < 1.29 is 32.6 Å². The number of amides is 1. The highest BCUT2D eigenvalue weighted by Gasteiger charge is 2.46. The summed E-state index contributed by atoms with van der Waals surface area (Å²) in [6, 6.07) is 10.7. The molecule has 0 radical (unpaired) electrons. The van der Waals surface area contributed by atoms with Crippen LogP contribution in [-0.4, -0.2) is 46.3 Å². The number of aliphatic hydroxyl groups excluding tert-OH is 1. The SMILES string of the molecule is [N-]=[N+]=NC(CNC(=O)c1ccccc1O)C(c1ccc(F)cc1)(c1cc(F)cc(F)c1)c1cncc(F)c1CC[C@H](N)CO. The number of aromatic nitrogens is 1. The van der Waals surface area contributed by atoms with E-state index in [-0.39, 0.29) is 46.4 Å². The van der Waals surface area contributed by atoms with E-state index in [2.05, 4.69) is 20.3 Å². The minimum atomic E-state index is -1.98. The van der Waals surface area contributed by atoms with Crippen molar-refractivity contribution in [3.8, 4) is 5.75 Å². The van der Waals surface area contributed by atoms with Crippen molar-refractivity contribution in [1.29, 1.82) is 0 Å². The van der Waals surface area contributed by atoms with Gasteiger partial charge in [0.05, 0.1) is 29.8 Å². The Kier molecular flexibility index (Phi) is 10.2. The van der Waals surface area contributed by atoms with Crippen LogP contribution in [0.3, 0.4) is 0 Å². The van der Waals surface area contributed by atoms with Crippen LogP contribution in [-0.2, 0) is 11.8 Å². The number of aliphatic hydroxyl groups is 1. The number of para-hydroxylation sites is 1. The van der Waals surface area contributed by atoms with Crippen molar-refractivity contribution in [1.82, 2.24) is 10.3 Å². The average Bonchev–Trinajstić information content (AvgIpc) is 3.00. The fourth-order valence-electron chi connectivity index (χ4n) is 5.31. The maximum atomic E-state index is 15.6. The standard InChI is InChI=1S/C31H28F4N6O3/c32-20-7-5-18(6-8-20)31(19-11-21(33)13-22(34)12-19,26-14-38-15-27(35)24(26)10-9-23(36)17-42)29(40-41-37)16-39-30(44)25-3-1-2-4-28(25)43/h1-8,11-15,23,29,42-43H,9-10,16-17,36H2,(H,39,44)/t23-,29?,31?/m0/s1. The molecule has 0 spiro atoms. The van der Waals surface area contributed by atoms with Gasteiger partial charge in [0.1, 0.15) is 29.0 Å². The number of nitrogens with two attached hydrogens (primary N) is 1. The predicted molar refractivity (Wildman–Crippen MR) is 154 cm³/mol. The van der Waals surface area contributed by atoms with Gasteiger partial charge in [-0.25, -0.2) is 17.6 Å². The Morgan fingerprint density at radius 1 is 1.00 bits per heavy atom. The molecule has 4 rings (SSSR count). The van der Waals surface area contributed by atoms with E-state index in [0.29, 0.717) is 6.07 Å². The molecule has 1 heterocycles. The Hall–Kier alpha value is -4.97. The van der Waals surface area contributed by atoms with Gasteiger partial charge in [-0.1, -0.05) is 29.4 Å². The van der Waals surface area contributed by atoms with Crippen LogP contribution in [0.25, 0.3) is 10.4 Å². The van der Waals surface area contributed by atoms with Gasteiger partial charge in [-0.05, 0) is 77.0 Å². The number of azide groups is 1. The lowest BCUT2D eigenvalue weighted by molar-refractivity contribution is 0.0946. The number of hydrogen-bond acceptors (Lipinski definition) is 6. The van der Waals surface area contributed by atoms with Gasteiger partial charge >= 0.3 is 0 Å². The number of aromatic hydroxyl groups is 1. The van der Waals surface area contributed by atoms with Crippen molar-refractivity contribution >= 4 is 5.91 Å². The number of rotatable bonds is 12. The Balaban J connectivity index is 2.05. The number of halogens is 4. The van der Waals surface area contributed by atoms with Gasteiger partial charge in [-0.3, -0.25) is 9.78 Å². The Morgan fingerprint density at radius 2 is 1.68 bits per heavy atom. The topological polar surface area (TPSA) is 157 Å². The first-order valence-electron chi connectivity index (χ1n) is 13.4. The molecule has 1 aromatic heterocycles. The summed E-state index contributed by atoms with van der Waals surface area (Å²) in [6.45, 7) is -0.904. The molecule has 5 N–H and O–H groups in total. The van der Waals surface area contributed by atoms with Crippen LogP contribution in [0.2, 0.25) is 0 Å². The van der Waals surface area contributed by atoms with Gasteiger partial charge in [0.15, 0.2) is 0 Å². The maximum absolute atomic E-state index is 15.6. The monoisotopic (exact) mass is 608 g/mol. The molecule has 228 valence electrons. The van der Waals surface area contributed by atoms with Crippen molar-refractivity contribution in [3.05, 3.63) is 141 Å². The molecule has 3 aromatic carbocycles. The third-order valence-electron chi connectivity index (χ3n) is 7.34. The molecule has 0 aliphatic rings. The Morgan fingerprint density at radius 3 is 2.32 bits per heavy atom. The summed E-state index contributed by atoms with van der Waals surface area (Å²) in [5, 5.41) is 26.2. The van der Waals surface area contributed by atoms with Crippen LogP contribution in [0.5, 0.6) is 5.75 Å². The predicted octanol–water partition coefficient (Wildman–Crippen LogP) is 5.04. The first-order valence-corrected chi connectivity index (χ1v) is 13.4. The number of hydrogen-bond donors (Lipinski definition) is 4. The third-order valence-corrected chi connectivity index (χ3v) is 7.34. The Bertz CT molecular complexity index is 1660. The second-order valence-electron chi connectivity index (χ2n) is 10.0. The van der Waals surface area contributed by atoms with E-state index in [4.69, 9.17) is 5.73 Å². The molecule has 0 fully saturated rings. The molecule has 4 aromatic rings. The first-order chi connectivity index (χ1) is 21.1. The second-order valence-corrected chi connectivity index (χ2v) is 10.0. The Labute approximate surface area is 249 Å². The molecular weight excluding hydrogens is 580 g/mol. The van der Waals surface area contributed by atoms with Crippen LogP contribution < -0.4 is 11.1 Å². The lowest BCUT2D eigenvalue weighted by atomic mass is 9.63. The van der Waals surface area contributed by atoms with Crippen LogP contribution in [0, 0.1) is 23.3 Å². The molecule has 1 amide bonds. The van der Waals surface area contributed by atoms with Gasteiger partial charge in [-0.15, -0.1) is 0 Å². The maximum Gasteiger partial charge on any atom is 0.255 e. The summed E-state index contributed by atoms with van der Waals surface area (Å²) in [5.74, 6) is -4.62. The van der Waals surface area contributed by atoms with Gasteiger partial charge in [0, 0.05) is 29.8 Å². The van der Waals surface area contributed by atoms with Crippen molar-refractivity contribution in [2.45, 2.75) is 30.3 Å². The van der Waals surface area contributed by atoms with Crippen molar-refractivity contribution in [3.63, 3.8) is 0 Å². The molecule has 9 nitrogen and oxygen atoms in total. The number of carbonyl (C=O) groups is 1. The summed E-state index contributed by atoms with van der Waals surface area (Å²) in [4.78, 5) is 20.1. The summed E-state index contributed by atoms with van der Waals surface area (Å²) in [6.07, 6.45) is 2.16. The number of pyridine rings is 1. The molecule has 2 unspecified atom stereocenters. The van der Waals surface area contributed by atoms with Crippen LogP contribution >= 0.6 is 0 Å². The van der Waals surface area contributed by atoms with E-state index in [1.165, 1.54) is 42.6 Å². The lowest BCUT2D eigenvalue weighted by Crippen LogP contribution is -2.48. The van der Waals surface area contributed by atoms with E-state index >= 15 is 4.39 Å². The zero-order valence-electron chi connectivity index (χ0n) is 23.2. The molecule has 3 atom stereocenters. The molecule has 0 aliphatic carbocycles. The molecule has 0 aliphatic heterocycles. The van der Waals surface area contributed by atoms with Gasteiger partial charge < -0.3 is 21.3 Å². The summed E-state index contributed by atoms with van der Waals surface area (Å²) in [7, 11) is 0. The number of carbonyl (C=O) groups excluding carboxylic acids is 1. The fraction of sp³-hybridized carbons (Fsp3) is 0.226. The zero-order valence-corrected chi connectivity index (χ0v) is 23.2. The fourth-order valence-corrected chi connectivity index (χ4v) is 5.31. The highest BCUT2D eigenvalue weighted by molar-refractivity contribution is 5.96. The second kappa shape index (κ2) is 14.0. The zero-order chi connectivity index (χ0) is 31.9. The number of nitrogens with one attached hydrogen (secondary N) is 1. The molecule has 0 saturated heterocycles. The molecule has 13 heteroatoms. The number of phenols is 1. The third kappa shape index (κ3) is 6.65. The summed E-state index contributed by atoms with van der Waals surface area (Å²) in [5.41, 5.74) is 13.5. The van der Waals surface area contributed by atoms with Crippen LogP contribution in [0.15, 0.2) is 84.2 Å². The lowest BCUT2D eigenvalue weighted by Gasteiger charge is -2.42. The largest absolute Gasteiger partial charge is 0.507 e. The van der Waals surface area contributed by atoms with E-state index in [9.17, 15) is 33.7 Å². The highest BCUT2D eigenvalue weighted by atomic mass is 19.1. The van der Waals surface area contributed by atoms with Gasteiger partial charge in [-0.2, -0.15) is 0 Å². The number of benzene rings is 3. The minimum Gasteiger partial charge on any atom is -0.507 e. The summed E-state index contributed by atoms with van der Waals surface area (Å²) < 4.78 is 59.7. The van der Waals surface area contributed by atoms with Gasteiger partial charge in [0.25, 0.3) is 5.91 Å². The molecule has 0 saturated carbocycles. The van der Waals surface area contributed by atoms with Crippen LogP contribution in [0.4, 0.5) is 17.6 Å². The average molecular weight is 609 g/mol. The first kappa shape index (κ1) is 32.0. The van der Waals surface area contributed by atoms with Gasteiger partial charge in [0.2, 0.25) is 0 Å².